The van der Waals surface area contributed by atoms with Crippen molar-refractivity contribution in [2.24, 2.45) is 17.8 Å². The van der Waals surface area contributed by atoms with Gasteiger partial charge in [-0.1, -0.05) is 11.6 Å². The Hall–Kier alpha value is -0.970. The zero-order chi connectivity index (χ0) is 11.3. The molecule has 6 heteroatoms. The van der Waals surface area contributed by atoms with Gasteiger partial charge in [-0.3, -0.25) is 4.79 Å². The number of fused-ring (bicyclic) bond motifs is 1. The Morgan fingerprint density at radius 1 is 1.50 bits per heavy atom. The first kappa shape index (κ1) is 10.2. The van der Waals surface area contributed by atoms with Crippen LogP contribution in [0.25, 0.3) is 0 Å². The van der Waals surface area contributed by atoms with E-state index in [1.54, 1.807) is 0 Å². The molecule has 2 bridgehead atoms. The molecule has 0 N–H and O–H groups in total. The van der Waals surface area contributed by atoms with E-state index >= 15 is 0 Å². The lowest BCUT2D eigenvalue weighted by Crippen LogP contribution is -2.36. The van der Waals surface area contributed by atoms with Crippen molar-refractivity contribution in [2.45, 2.75) is 25.0 Å². The third kappa shape index (κ3) is 1.30. The van der Waals surface area contributed by atoms with Gasteiger partial charge in [0.25, 0.3) is 0 Å². The molecular formula is C10H11ClO5. The molecule has 88 valence electrons. The number of esters is 1. The van der Waals surface area contributed by atoms with E-state index in [0.717, 1.165) is 12.8 Å². The van der Waals surface area contributed by atoms with E-state index in [0.29, 0.717) is 0 Å². The van der Waals surface area contributed by atoms with Crippen molar-refractivity contribution in [2.75, 3.05) is 6.07 Å². The van der Waals surface area contributed by atoms with Crippen molar-refractivity contribution in [3.8, 4) is 0 Å². The summed E-state index contributed by atoms with van der Waals surface area (Å²) in [5.74, 6) is 0.342. The minimum absolute atomic E-state index is 0.0268. The first-order chi connectivity index (χ1) is 7.70. The fraction of sp³-hybridized carbons (Fsp3) is 0.800. The van der Waals surface area contributed by atoms with E-state index in [9.17, 15) is 9.59 Å². The lowest BCUT2D eigenvalue weighted by atomic mass is 9.88. The average Bonchev–Trinajstić information content (AvgIpc) is 2.82. The average molecular weight is 247 g/mol. The van der Waals surface area contributed by atoms with Gasteiger partial charge < -0.3 is 14.2 Å². The summed E-state index contributed by atoms with van der Waals surface area (Å²) in [7, 11) is 0. The molecular weight excluding hydrogens is 236 g/mol. The van der Waals surface area contributed by atoms with Gasteiger partial charge in [0.15, 0.2) is 6.07 Å². The number of hydrogen-bond donors (Lipinski definition) is 0. The van der Waals surface area contributed by atoms with Crippen molar-refractivity contribution in [1.29, 1.82) is 0 Å². The van der Waals surface area contributed by atoms with E-state index in [1.165, 1.54) is 0 Å². The van der Waals surface area contributed by atoms with Crippen molar-refractivity contribution >= 4 is 23.7 Å². The second-order valence-electron chi connectivity index (χ2n) is 4.49. The number of ether oxygens (including phenoxy) is 3. The molecule has 0 aromatic rings. The highest BCUT2D eigenvalue weighted by molar-refractivity contribution is 6.17. The second kappa shape index (κ2) is 3.52. The molecule has 2 aliphatic carbocycles. The standard InChI is InChI=1S/C10H11ClO5/c11-3-14-10(13)16-7-4-1-5-6(2-4)9(12)15-8(5)7/h4-8H,1-3H2. The van der Waals surface area contributed by atoms with Crippen LogP contribution in [0, 0.1) is 17.8 Å². The SMILES string of the molecule is O=C(OCCl)OC1C2CC3C(=O)OC1C3C2. The van der Waals surface area contributed by atoms with Crippen LogP contribution >= 0.6 is 11.6 Å². The van der Waals surface area contributed by atoms with E-state index in [4.69, 9.17) is 21.1 Å². The zero-order valence-electron chi connectivity index (χ0n) is 8.43. The lowest BCUT2D eigenvalue weighted by Gasteiger charge is -2.24. The first-order valence-electron chi connectivity index (χ1n) is 5.30. The minimum atomic E-state index is -0.785. The number of halogens is 1. The molecule has 2 saturated carbocycles. The summed E-state index contributed by atoms with van der Waals surface area (Å²) in [6.07, 6.45) is 0.271. The molecule has 0 spiro atoms. The van der Waals surface area contributed by atoms with Crippen molar-refractivity contribution < 1.29 is 23.8 Å². The summed E-state index contributed by atoms with van der Waals surface area (Å²) >= 11 is 5.25. The number of alkyl halides is 1. The molecule has 5 unspecified atom stereocenters. The maximum atomic E-state index is 11.4. The summed E-state index contributed by atoms with van der Waals surface area (Å²) in [6, 6.07) is -0.229. The highest BCUT2D eigenvalue weighted by Gasteiger charge is 2.63. The quantitative estimate of drug-likeness (QED) is 0.543. The predicted octanol–water partition coefficient (Wildman–Crippen LogP) is 1.29. The topological polar surface area (TPSA) is 61.8 Å². The van der Waals surface area contributed by atoms with Crippen molar-refractivity contribution in [1.82, 2.24) is 0 Å². The highest BCUT2D eigenvalue weighted by atomic mass is 35.5. The van der Waals surface area contributed by atoms with E-state index in [1.807, 2.05) is 0 Å². The van der Waals surface area contributed by atoms with E-state index in [-0.39, 0.29) is 42.0 Å². The van der Waals surface area contributed by atoms with E-state index in [2.05, 4.69) is 4.74 Å². The van der Waals surface area contributed by atoms with Crippen LogP contribution in [0.2, 0.25) is 0 Å². The normalized spacial score (nSPS) is 43.3. The molecule has 5 nitrogen and oxygen atoms in total. The Bertz CT molecular complexity index is 344. The van der Waals surface area contributed by atoms with Crippen LogP contribution in [-0.2, 0) is 19.0 Å². The number of rotatable bonds is 2. The maximum absolute atomic E-state index is 11.4. The summed E-state index contributed by atoms with van der Waals surface area (Å²) in [5.41, 5.74) is 0. The van der Waals surface area contributed by atoms with Crippen LogP contribution in [0.4, 0.5) is 4.79 Å². The fourth-order valence-corrected chi connectivity index (χ4v) is 3.34. The number of hydrogen-bond acceptors (Lipinski definition) is 5. The predicted molar refractivity (Wildman–Crippen MR) is 51.7 cm³/mol. The molecule has 1 heterocycles. The van der Waals surface area contributed by atoms with Gasteiger partial charge in [0.2, 0.25) is 0 Å². The van der Waals surface area contributed by atoms with Crippen LogP contribution in [0.3, 0.4) is 0 Å². The molecule has 3 rings (SSSR count). The van der Waals surface area contributed by atoms with Gasteiger partial charge >= 0.3 is 12.1 Å². The largest absolute Gasteiger partial charge is 0.509 e. The van der Waals surface area contributed by atoms with Crippen LogP contribution in [0.1, 0.15) is 12.8 Å². The number of carbonyl (C=O) groups is 2. The Morgan fingerprint density at radius 3 is 3.06 bits per heavy atom. The van der Waals surface area contributed by atoms with E-state index < -0.39 is 6.16 Å². The molecule has 3 fully saturated rings. The lowest BCUT2D eigenvalue weighted by molar-refractivity contribution is -0.146. The third-order valence-electron chi connectivity index (χ3n) is 3.82. The molecule has 16 heavy (non-hydrogen) atoms. The van der Waals surface area contributed by atoms with Crippen LogP contribution in [0.15, 0.2) is 0 Å². The van der Waals surface area contributed by atoms with Gasteiger partial charge in [-0.15, -0.1) is 0 Å². The van der Waals surface area contributed by atoms with Crippen molar-refractivity contribution in [3.05, 3.63) is 0 Å². The molecule has 0 aromatic heterocycles. The Labute approximate surface area is 97.0 Å². The van der Waals surface area contributed by atoms with Crippen molar-refractivity contribution in [3.63, 3.8) is 0 Å². The summed E-state index contributed by atoms with van der Waals surface area (Å²) in [4.78, 5) is 22.6. The molecule has 5 atom stereocenters. The van der Waals surface area contributed by atoms with Gasteiger partial charge in [-0.25, -0.2) is 4.79 Å². The van der Waals surface area contributed by atoms with Gasteiger partial charge in [-0.05, 0) is 12.8 Å². The molecule has 1 saturated heterocycles. The molecule has 0 radical (unpaired) electrons. The first-order valence-corrected chi connectivity index (χ1v) is 5.84. The van der Waals surface area contributed by atoms with Crippen LogP contribution < -0.4 is 0 Å². The molecule has 0 aromatic carbocycles. The molecule has 0 amide bonds. The highest BCUT2D eigenvalue weighted by Crippen LogP contribution is 2.55. The molecule has 3 aliphatic rings. The maximum Gasteiger partial charge on any atom is 0.509 e. The minimum Gasteiger partial charge on any atom is -0.458 e. The van der Waals surface area contributed by atoms with Gasteiger partial charge in [0.05, 0.1) is 5.92 Å². The summed E-state index contributed by atoms with van der Waals surface area (Å²) in [6.45, 7) is 0. The molecule has 1 aliphatic heterocycles. The van der Waals surface area contributed by atoms with Gasteiger partial charge in [0, 0.05) is 11.8 Å². The number of carbonyl (C=O) groups excluding carboxylic acids is 2. The monoisotopic (exact) mass is 246 g/mol. The fourth-order valence-electron chi connectivity index (χ4n) is 3.25. The Morgan fingerprint density at radius 2 is 2.31 bits per heavy atom. The van der Waals surface area contributed by atoms with Gasteiger partial charge in [-0.2, -0.15) is 0 Å². The smallest absolute Gasteiger partial charge is 0.458 e. The van der Waals surface area contributed by atoms with Crippen LogP contribution in [-0.4, -0.2) is 30.4 Å². The van der Waals surface area contributed by atoms with Gasteiger partial charge in [0.1, 0.15) is 12.2 Å². The zero-order valence-corrected chi connectivity index (χ0v) is 9.18. The summed E-state index contributed by atoms with van der Waals surface area (Å²) < 4.78 is 14.9. The second-order valence-corrected chi connectivity index (χ2v) is 4.71. The third-order valence-corrected chi connectivity index (χ3v) is 3.93. The van der Waals surface area contributed by atoms with Crippen LogP contribution in [0.5, 0.6) is 0 Å². The Balaban J connectivity index is 1.70. The summed E-state index contributed by atoms with van der Waals surface area (Å²) in [5, 5.41) is 0. The Kier molecular flexibility index (Phi) is 2.24.